The molecule has 66 valence electrons. The molecule has 3 heteroatoms. The summed E-state index contributed by atoms with van der Waals surface area (Å²) in [6.45, 7) is 3.70. The summed E-state index contributed by atoms with van der Waals surface area (Å²) in [4.78, 5) is 0. The summed E-state index contributed by atoms with van der Waals surface area (Å²) >= 11 is 0. The van der Waals surface area contributed by atoms with Gasteiger partial charge in [-0.25, -0.2) is 4.39 Å². The van der Waals surface area contributed by atoms with Crippen molar-refractivity contribution in [3.05, 3.63) is 0 Å². The first kappa shape index (κ1) is 9.27. The largest absolute Gasteiger partial charge is 0.316 e. The predicted octanol–water partition coefficient (Wildman–Crippen LogP) is 1.77. The predicted molar refractivity (Wildman–Crippen MR) is 45.8 cm³/mol. The highest BCUT2D eigenvalue weighted by Crippen LogP contribution is 2.44. The van der Waals surface area contributed by atoms with Gasteiger partial charge in [-0.1, -0.05) is 0 Å². The van der Waals surface area contributed by atoms with Crippen LogP contribution in [0.3, 0.4) is 0 Å². The lowest BCUT2D eigenvalue weighted by atomic mass is 9.91. The third kappa shape index (κ3) is 1.38. The molecule has 0 amide bonds. The van der Waals surface area contributed by atoms with E-state index >= 15 is 0 Å². The average molecular weight is 180 g/mol. The van der Waals surface area contributed by atoms with Crippen LogP contribution >= 0.6 is 12.4 Å². The van der Waals surface area contributed by atoms with Crippen LogP contribution in [0.4, 0.5) is 4.39 Å². The molecule has 0 aromatic rings. The quantitative estimate of drug-likeness (QED) is 0.598. The SMILES string of the molecule is CC1(F)CCC2CNCC21.Cl. The molecular formula is C8H15ClFN. The molecule has 0 aromatic heterocycles. The zero-order valence-corrected chi connectivity index (χ0v) is 7.59. The van der Waals surface area contributed by atoms with Crippen molar-refractivity contribution in [1.29, 1.82) is 0 Å². The van der Waals surface area contributed by atoms with Crippen molar-refractivity contribution < 1.29 is 4.39 Å². The molecule has 11 heavy (non-hydrogen) atoms. The Kier molecular flexibility index (Phi) is 2.45. The van der Waals surface area contributed by atoms with Crippen LogP contribution in [0, 0.1) is 11.8 Å². The molecule has 1 heterocycles. The standard InChI is InChI=1S/C8H14FN.ClH/c1-8(9)3-2-6-4-10-5-7(6)8;/h6-7,10H,2-5H2,1H3;1H. The van der Waals surface area contributed by atoms with Gasteiger partial charge in [-0.15, -0.1) is 12.4 Å². The summed E-state index contributed by atoms with van der Waals surface area (Å²) in [5.74, 6) is 0.947. The van der Waals surface area contributed by atoms with Gasteiger partial charge in [0, 0.05) is 12.5 Å². The van der Waals surface area contributed by atoms with E-state index in [0.717, 1.165) is 25.9 Å². The van der Waals surface area contributed by atoms with Gasteiger partial charge in [0.1, 0.15) is 5.67 Å². The van der Waals surface area contributed by atoms with Gasteiger partial charge in [0.2, 0.25) is 0 Å². The van der Waals surface area contributed by atoms with Gasteiger partial charge in [-0.05, 0) is 32.2 Å². The highest BCUT2D eigenvalue weighted by Gasteiger charge is 2.47. The minimum atomic E-state index is -0.867. The first-order chi connectivity index (χ1) is 4.70. The molecule has 0 bridgehead atoms. The van der Waals surface area contributed by atoms with Crippen LogP contribution in [0.5, 0.6) is 0 Å². The van der Waals surface area contributed by atoms with Gasteiger partial charge < -0.3 is 5.32 Å². The second-order valence-electron chi connectivity index (χ2n) is 3.84. The Bertz CT molecular complexity index is 149. The number of alkyl halides is 1. The van der Waals surface area contributed by atoms with Crippen molar-refractivity contribution in [3.8, 4) is 0 Å². The topological polar surface area (TPSA) is 12.0 Å². The Hall–Kier alpha value is 0.180. The van der Waals surface area contributed by atoms with Crippen molar-refractivity contribution in [2.75, 3.05) is 13.1 Å². The van der Waals surface area contributed by atoms with Crippen LogP contribution in [0.1, 0.15) is 19.8 Å². The highest BCUT2D eigenvalue weighted by atomic mass is 35.5. The van der Waals surface area contributed by atoms with Crippen LogP contribution in [0.25, 0.3) is 0 Å². The fourth-order valence-corrected chi connectivity index (χ4v) is 2.39. The van der Waals surface area contributed by atoms with Crippen LogP contribution in [0.15, 0.2) is 0 Å². The van der Waals surface area contributed by atoms with Crippen molar-refractivity contribution >= 4 is 12.4 Å². The highest BCUT2D eigenvalue weighted by molar-refractivity contribution is 5.85. The maximum Gasteiger partial charge on any atom is 0.112 e. The molecule has 1 saturated carbocycles. The third-order valence-electron chi connectivity index (χ3n) is 3.12. The number of nitrogens with one attached hydrogen (secondary N) is 1. The van der Waals surface area contributed by atoms with Gasteiger partial charge >= 0.3 is 0 Å². The zero-order chi connectivity index (χ0) is 7.19. The third-order valence-corrected chi connectivity index (χ3v) is 3.12. The van der Waals surface area contributed by atoms with Crippen LogP contribution in [0.2, 0.25) is 0 Å². The van der Waals surface area contributed by atoms with Crippen LogP contribution in [-0.2, 0) is 0 Å². The van der Waals surface area contributed by atoms with E-state index in [2.05, 4.69) is 5.32 Å². The van der Waals surface area contributed by atoms with E-state index in [1.54, 1.807) is 6.92 Å². The van der Waals surface area contributed by atoms with Crippen LogP contribution < -0.4 is 5.32 Å². The number of hydrogen-bond acceptors (Lipinski definition) is 1. The Morgan fingerprint density at radius 3 is 2.82 bits per heavy atom. The summed E-state index contributed by atoms with van der Waals surface area (Å²) < 4.78 is 13.5. The first-order valence-electron chi connectivity index (χ1n) is 4.10. The molecule has 0 aromatic carbocycles. The molecule has 1 aliphatic carbocycles. The minimum absolute atomic E-state index is 0. The second kappa shape index (κ2) is 2.91. The first-order valence-corrected chi connectivity index (χ1v) is 4.10. The molecule has 1 N–H and O–H groups in total. The summed E-state index contributed by atoms with van der Waals surface area (Å²) in [5.41, 5.74) is -0.867. The van der Waals surface area contributed by atoms with Gasteiger partial charge in [0.25, 0.3) is 0 Å². The molecule has 0 radical (unpaired) electrons. The van der Waals surface area contributed by atoms with Gasteiger partial charge in [-0.2, -0.15) is 0 Å². The number of halogens is 2. The number of rotatable bonds is 0. The molecule has 1 aliphatic heterocycles. The minimum Gasteiger partial charge on any atom is -0.316 e. The van der Waals surface area contributed by atoms with Crippen molar-refractivity contribution in [2.45, 2.75) is 25.4 Å². The van der Waals surface area contributed by atoms with Gasteiger partial charge in [-0.3, -0.25) is 0 Å². The lowest BCUT2D eigenvalue weighted by Gasteiger charge is -2.20. The average Bonchev–Trinajstić information content (AvgIpc) is 2.36. The number of hydrogen-bond donors (Lipinski definition) is 1. The summed E-state index contributed by atoms with van der Waals surface area (Å²) in [5, 5.41) is 3.24. The Balaban J connectivity index is 0.000000605. The van der Waals surface area contributed by atoms with E-state index in [9.17, 15) is 4.39 Å². The Labute approximate surface area is 73.2 Å². The fraction of sp³-hybridized carbons (Fsp3) is 1.00. The Morgan fingerprint density at radius 1 is 1.45 bits per heavy atom. The van der Waals surface area contributed by atoms with E-state index in [1.807, 2.05) is 0 Å². The van der Waals surface area contributed by atoms with Crippen LogP contribution in [-0.4, -0.2) is 18.8 Å². The molecule has 0 spiro atoms. The molecule has 2 fully saturated rings. The molecule has 1 nitrogen and oxygen atoms in total. The molecule has 1 saturated heterocycles. The molecule has 2 aliphatic rings. The van der Waals surface area contributed by atoms with E-state index in [4.69, 9.17) is 0 Å². The van der Waals surface area contributed by atoms with E-state index < -0.39 is 5.67 Å². The maximum atomic E-state index is 13.5. The lowest BCUT2D eigenvalue weighted by Crippen LogP contribution is -2.28. The maximum absolute atomic E-state index is 13.5. The number of fused-ring (bicyclic) bond motifs is 1. The smallest absolute Gasteiger partial charge is 0.112 e. The van der Waals surface area contributed by atoms with E-state index in [1.165, 1.54) is 0 Å². The van der Waals surface area contributed by atoms with Gasteiger partial charge in [0.15, 0.2) is 0 Å². The summed E-state index contributed by atoms with van der Waals surface area (Å²) in [6, 6.07) is 0. The van der Waals surface area contributed by atoms with E-state index in [0.29, 0.717) is 11.8 Å². The van der Waals surface area contributed by atoms with E-state index in [-0.39, 0.29) is 12.4 Å². The van der Waals surface area contributed by atoms with Crippen molar-refractivity contribution in [2.24, 2.45) is 11.8 Å². The second-order valence-corrected chi connectivity index (χ2v) is 3.84. The summed E-state index contributed by atoms with van der Waals surface area (Å²) in [7, 11) is 0. The van der Waals surface area contributed by atoms with Crippen molar-refractivity contribution in [3.63, 3.8) is 0 Å². The van der Waals surface area contributed by atoms with Gasteiger partial charge in [0.05, 0.1) is 0 Å². The lowest BCUT2D eigenvalue weighted by molar-refractivity contribution is 0.133. The zero-order valence-electron chi connectivity index (χ0n) is 6.77. The molecule has 3 unspecified atom stereocenters. The molecule has 2 rings (SSSR count). The molecular weight excluding hydrogens is 165 g/mol. The Morgan fingerprint density at radius 2 is 2.18 bits per heavy atom. The molecule has 3 atom stereocenters. The monoisotopic (exact) mass is 179 g/mol. The summed E-state index contributed by atoms with van der Waals surface area (Å²) in [6.07, 6.45) is 1.87. The fourth-order valence-electron chi connectivity index (χ4n) is 2.39. The van der Waals surface area contributed by atoms with Crippen molar-refractivity contribution in [1.82, 2.24) is 5.32 Å². The normalized spacial score (nSPS) is 48.5.